The second-order valence-corrected chi connectivity index (χ2v) is 5.39. The minimum Gasteiger partial charge on any atom is -0.465 e. The maximum absolute atomic E-state index is 12.4. The van der Waals surface area contributed by atoms with Crippen LogP contribution in [-0.4, -0.2) is 55.1 Å². The van der Waals surface area contributed by atoms with Gasteiger partial charge in [0.2, 0.25) is 0 Å². The van der Waals surface area contributed by atoms with Gasteiger partial charge in [-0.25, -0.2) is 4.79 Å². The van der Waals surface area contributed by atoms with Crippen LogP contribution in [0.5, 0.6) is 0 Å². The SMILES string of the molecule is CCOC(=O)C(c1ccccc1)N1CCN(C)C(C)C1. The van der Waals surface area contributed by atoms with Crippen LogP contribution in [0, 0.1) is 0 Å². The Kier molecular flexibility index (Phi) is 5.15. The summed E-state index contributed by atoms with van der Waals surface area (Å²) in [6.07, 6.45) is 0. The summed E-state index contributed by atoms with van der Waals surface area (Å²) < 4.78 is 5.28. The molecule has 0 spiro atoms. The Balaban J connectivity index is 2.21. The maximum atomic E-state index is 12.4. The first-order valence-corrected chi connectivity index (χ1v) is 7.29. The molecule has 0 bridgehead atoms. The van der Waals surface area contributed by atoms with Gasteiger partial charge in [-0.15, -0.1) is 0 Å². The number of likely N-dealkylation sites (N-methyl/N-ethyl adjacent to an activating group) is 1. The third-order valence-electron chi connectivity index (χ3n) is 3.98. The number of carbonyl (C=O) groups excluding carboxylic acids is 1. The van der Waals surface area contributed by atoms with Gasteiger partial charge in [-0.05, 0) is 26.5 Å². The van der Waals surface area contributed by atoms with Crippen LogP contribution in [0.4, 0.5) is 0 Å². The van der Waals surface area contributed by atoms with Crippen LogP contribution in [0.25, 0.3) is 0 Å². The summed E-state index contributed by atoms with van der Waals surface area (Å²) in [7, 11) is 2.13. The van der Waals surface area contributed by atoms with Crippen LogP contribution in [0.3, 0.4) is 0 Å². The number of piperazine rings is 1. The highest BCUT2D eigenvalue weighted by Crippen LogP contribution is 2.25. The third-order valence-corrected chi connectivity index (χ3v) is 3.98. The smallest absolute Gasteiger partial charge is 0.328 e. The molecule has 0 radical (unpaired) electrons. The number of ether oxygens (including phenoxy) is 1. The number of benzene rings is 1. The van der Waals surface area contributed by atoms with Gasteiger partial charge in [-0.3, -0.25) is 4.90 Å². The monoisotopic (exact) mass is 276 g/mol. The molecule has 1 fully saturated rings. The molecule has 4 heteroatoms. The Morgan fingerprint density at radius 3 is 2.65 bits per heavy atom. The summed E-state index contributed by atoms with van der Waals surface area (Å²) in [4.78, 5) is 16.9. The Bertz CT molecular complexity index is 435. The maximum Gasteiger partial charge on any atom is 0.328 e. The Hall–Kier alpha value is -1.39. The van der Waals surface area contributed by atoms with Crippen molar-refractivity contribution in [3.63, 3.8) is 0 Å². The minimum absolute atomic E-state index is 0.143. The molecular weight excluding hydrogens is 252 g/mol. The van der Waals surface area contributed by atoms with Gasteiger partial charge in [0, 0.05) is 25.7 Å². The Labute approximate surface area is 121 Å². The van der Waals surface area contributed by atoms with Gasteiger partial charge >= 0.3 is 5.97 Å². The van der Waals surface area contributed by atoms with E-state index in [0.29, 0.717) is 12.6 Å². The van der Waals surface area contributed by atoms with Crippen molar-refractivity contribution in [2.24, 2.45) is 0 Å². The van der Waals surface area contributed by atoms with E-state index in [4.69, 9.17) is 4.74 Å². The summed E-state index contributed by atoms with van der Waals surface area (Å²) in [6, 6.07) is 10.1. The molecule has 0 aliphatic carbocycles. The molecule has 0 saturated carbocycles. The first-order chi connectivity index (χ1) is 9.63. The van der Waals surface area contributed by atoms with E-state index in [9.17, 15) is 4.79 Å². The van der Waals surface area contributed by atoms with Crippen molar-refractivity contribution in [3.8, 4) is 0 Å². The lowest BCUT2D eigenvalue weighted by molar-refractivity contribution is -0.151. The standard InChI is InChI=1S/C16H24N2O2/c1-4-20-16(19)15(14-8-6-5-7-9-14)18-11-10-17(3)13(2)12-18/h5-9,13,15H,4,10-12H2,1-3H3. The molecule has 1 aromatic rings. The minimum atomic E-state index is -0.285. The molecule has 20 heavy (non-hydrogen) atoms. The van der Waals surface area contributed by atoms with Crippen LogP contribution in [0.15, 0.2) is 30.3 Å². The average Bonchev–Trinajstić information content (AvgIpc) is 2.44. The van der Waals surface area contributed by atoms with Gasteiger partial charge in [0.15, 0.2) is 0 Å². The summed E-state index contributed by atoms with van der Waals surface area (Å²) in [5.74, 6) is -0.143. The van der Waals surface area contributed by atoms with Crippen molar-refractivity contribution < 1.29 is 9.53 Å². The lowest BCUT2D eigenvalue weighted by Crippen LogP contribution is -2.52. The zero-order chi connectivity index (χ0) is 14.5. The van der Waals surface area contributed by atoms with Gasteiger partial charge in [0.05, 0.1) is 6.61 Å². The van der Waals surface area contributed by atoms with Crippen molar-refractivity contribution >= 4 is 5.97 Å². The molecule has 0 N–H and O–H groups in total. The number of nitrogens with zero attached hydrogens (tertiary/aromatic N) is 2. The van der Waals surface area contributed by atoms with Gasteiger partial charge in [-0.2, -0.15) is 0 Å². The number of hydrogen-bond donors (Lipinski definition) is 0. The van der Waals surface area contributed by atoms with Gasteiger partial charge in [0.25, 0.3) is 0 Å². The van der Waals surface area contributed by atoms with E-state index in [2.05, 4.69) is 23.8 Å². The third kappa shape index (κ3) is 3.38. The first-order valence-electron chi connectivity index (χ1n) is 7.29. The number of hydrogen-bond acceptors (Lipinski definition) is 4. The highest BCUT2D eigenvalue weighted by atomic mass is 16.5. The topological polar surface area (TPSA) is 32.8 Å². The van der Waals surface area contributed by atoms with E-state index in [-0.39, 0.29) is 12.0 Å². The number of rotatable bonds is 4. The zero-order valence-corrected chi connectivity index (χ0v) is 12.6. The molecule has 1 saturated heterocycles. The van der Waals surface area contributed by atoms with E-state index in [1.807, 2.05) is 37.3 Å². The van der Waals surface area contributed by atoms with E-state index in [1.54, 1.807) is 0 Å². The van der Waals surface area contributed by atoms with Crippen LogP contribution in [-0.2, 0) is 9.53 Å². The summed E-state index contributed by atoms with van der Waals surface area (Å²) in [5.41, 5.74) is 1.02. The van der Waals surface area contributed by atoms with Crippen LogP contribution < -0.4 is 0 Å². The highest BCUT2D eigenvalue weighted by molar-refractivity contribution is 5.77. The molecule has 110 valence electrons. The quantitative estimate of drug-likeness (QED) is 0.787. The summed E-state index contributed by atoms with van der Waals surface area (Å²) in [5, 5.41) is 0. The van der Waals surface area contributed by atoms with Crippen molar-refractivity contribution in [1.29, 1.82) is 0 Å². The molecule has 1 aromatic carbocycles. The molecular formula is C16H24N2O2. The van der Waals surface area contributed by atoms with E-state index in [0.717, 1.165) is 25.2 Å². The second-order valence-electron chi connectivity index (χ2n) is 5.39. The zero-order valence-electron chi connectivity index (χ0n) is 12.6. The highest BCUT2D eigenvalue weighted by Gasteiger charge is 2.32. The van der Waals surface area contributed by atoms with Crippen molar-refractivity contribution in [1.82, 2.24) is 9.80 Å². The van der Waals surface area contributed by atoms with Gasteiger partial charge in [0.1, 0.15) is 6.04 Å². The fourth-order valence-electron chi connectivity index (χ4n) is 2.66. The first kappa shape index (κ1) is 15.0. The van der Waals surface area contributed by atoms with E-state index >= 15 is 0 Å². The van der Waals surface area contributed by atoms with E-state index < -0.39 is 0 Å². The number of carbonyl (C=O) groups is 1. The fraction of sp³-hybridized carbons (Fsp3) is 0.562. The summed E-state index contributed by atoms with van der Waals surface area (Å²) >= 11 is 0. The van der Waals surface area contributed by atoms with Crippen molar-refractivity contribution in [2.45, 2.75) is 25.9 Å². The normalized spacial score (nSPS) is 22.4. The molecule has 2 unspecified atom stereocenters. The van der Waals surface area contributed by atoms with Crippen molar-refractivity contribution in [2.75, 3.05) is 33.3 Å². The molecule has 1 aliphatic heterocycles. The fourth-order valence-corrected chi connectivity index (χ4v) is 2.66. The van der Waals surface area contributed by atoms with Crippen LogP contribution in [0.2, 0.25) is 0 Å². The van der Waals surface area contributed by atoms with E-state index in [1.165, 1.54) is 0 Å². The second kappa shape index (κ2) is 6.86. The lowest BCUT2D eigenvalue weighted by Gasteiger charge is -2.40. The average molecular weight is 276 g/mol. The molecule has 4 nitrogen and oxygen atoms in total. The Morgan fingerprint density at radius 1 is 1.35 bits per heavy atom. The lowest BCUT2D eigenvalue weighted by atomic mass is 10.0. The molecule has 0 amide bonds. The molecule has 2 atom stereocenters. The molecule has 1 aliphatic rings. The van der Waals surface area contributed by atoms with Crippen LogP contribution in [0.1, 0.15) is 25.5 Å². The molecule has 0 aromatic heterocycles. The van der Waals surface area contributed by atoms with Crippen LogP contribution >= 0.6 is 0 Å². The molecule has 1 heterocycles. The Morgan fingerprint density at radius 2 is 2.05 bits per heavy atom. The van der Waals surface area contributed by atoms with Crippen molar-refractivity contribution in [3.05, 3.63) is 35.9 Å². The van der Waals surface area contributed by atoms with Gasteiger partial charge in [-0.1, -0.05) is 30.3 Å². The van der Waals surface area contributed by atoms with Gasteiger partial charge < -0.3 is 9.64 Å². The number of esters is 1. The predicted octanol–water partition coefficient (Wildman–Crippen LogP) is 1.93. The summed E-state index contributed by atoms with van der Waals surface area (Å²) in [6.45, 7) is 7.22. The largest absolute Gasteiger partial charge is 0.465 e. The molecule has 2 rings (SSSR count). The predicted molar refractivity (Wildman–Crippen MR) is 79.5 cm³/mol.